The standard InChI is InChI=1S/C22H20FN3O4S/c1-14-11-16(9-10-17(14)23)31(28,29)24-18-12-19-20(26(3)22(27)25(19)2)13-21(18)30-15-7-5-4-6-8-15/h4-13,24H,1-3H3. The quantitative estimate of drug-likeness (QED) is 0.509. The van der Waals surface area contributed by atoms with E-state index in [2.05, 4.69) is 4.72 Å². The van der Waals surface area contributed by atoms with Gasteiger partial charge in [-0.05, 0) is 48.9 Å². The normalized spacial score (nSPS) is 11.6. The highest BCUT2D eigenvalue weighted by Gasteiger charge is 2.21. The van der Waals surface area contributed by atoms with Gasteiger partial charge < -0.3 is 4.74 Å². The number of hydrogen-bond acceptors (Lipinski definition) is 4. The molecular weight excluding hydrogens is 421 g/mol. The van der Waals surface area contributed by atoms with Gasteiger partial charge in [0.1, 0.15) is 11.6 Å². The largest absolute Gasteiger partial charge is 0.455 e. The Morgan fingerprint density at radius 1 is 0.935 bits per heavy atom. The van der Waals surface area contributed by atoms with Crippen LogP contribution in [-0.4, -0.2) is 17.6 Å². The fourth-order valence-electron chi connectivity index (χ4n) is 3.29. The average Bonchev–Trinajstić information content (AvgIpc) is 2.94. The Morgan fingerprint density at radius 3 is 2.23 bits per heavy atom. The predicted octanol–water partition coefficient (Wildman–Crippen LogP) is 3.92. The number of imidazole rings is 1. The summed E-state index contributed by atoms with van der Waals surface area (Å²) >= 11 is 0. The van der Waals surface area contributed by atoms with Crippen LogP contribution in [-0.2, 0) is 24.1 Å². The first-order valence-electron chi connectivity index (χ1n) is 9.39. The number of rotatable bonds is 5. The van der Waals surface area contributed by atoms with E-state index in [1.165, 1.54) is 28.2 Å². The van der Waals surface area contributed by atoms with Crippen molar-refractivity contribution in [1.29, 1.82) is 0 Å². The average molecular weight is 441 g/mol. The van der Waals surface area contributed by atoms with Gasteiger partial charge in [-0.3, -0.25) is 13.9 Å². The van der Waals surface area contributed by atoms with Crippen molar-refractivity contribution in [2.75, 3.05) is 4.72 Å². The van der Waals surface area contributed by atoms with Gasteiger partial charge in [0.2, 0.25) is 0 Å². The maximum Gasteiger partial charge on any atom is 0.328 e. The minimum absolute atomic E-state index is 0.0842. The summed E-state index contributed by atoms with van der Waals surface area (Å²) in [5, 5.41) is 0. The van der Waals surface area contributed by atoms with Gasteiger partial charge in [0.15, 0.2) is 5.75 Å². The van der Waals surface area contributed by atoms with E-state index in [0.717, 1.165) is 6.07 Å². The highest BCUT2D eigenvalue weighted by molar-refractivity contribution is 7.92. The van der Waals surface area contributed by atoms with Gasteiger partial charge in [0.25, 0.3) is 10.0 Å². The molecule has 160 valence electrons. The van der Waals surface area contributed by atoms with Crippen molar-refractivity contribution in [3.8, 4) is 11.5 Å². The molecule has 31 heavy (non-hydrogen) atoms. The Balaban J connectivity index is 1.86. The lowest BCUT2D eigenvalue weighted by Gasteiger charge is -2.15. The molecule has 9 heteroatoms. The summed E-state index contributed by atoms with van der Waals surface area (Å²) in [5.74, 6) is 0.232. The van der Waals surface area contributed by atoms with Gasteiger partial charge >= 0.3 is 5.69 Å². The lowest BCUT2D eigenvalue weighted by molar-refractivity contribution is 0.485. The fourth-order valence-corrected chi connectivity index (χ4v) is 4.44. The molecule has 1 N–H and O–H groups in total. The number of halogens is 1. The molecule has 0 atom stereocenters. The van der Waals surface area contributed by atoms with Crippen molar-refractivity contribution in [3.63, 3.8) is 0 Å². The molecular formula is C22H20FN3O4S. The van der Waals surface area contributed by atoms with E-state index in [-0.39, 0.29) is 27.6 Å². The summed E-state index contributed by atoms with van der Waals surface area (Å²) in [7, 11) is -0.815. The van der Waals surface area contributed by atoms with E-state index in [4.69, 9.17) is 4.74 Å². The number of benzene rings is 3. The molecule has 1 aromatic heterocycles. The van der Waals surface area contributed by atoms with Crippen LogP contribution in [0.2, 0.25) is 0 Å². The Bertz CT molecular complexity index is 1460. The summed E-state index contributed by atoms with van der Waals surface area (Å²) in [6, 6.07) is 15.6. The number of nitrogens with one attached hydrogen (secondary N) is 1. The second kappa shape index (κ2) is 7.59. The van der Waals surface area contributed by atoms with Gasteiger partial charge in [-0.2, -0.15) is 0 Å². The van der Waals surface area contributed by atoms with Crippen LogP contribution in [0.3, 0.4) is 0 Å². The smallest absolute Gasteiger partial charge is 0.328 e. The molecule has 0 amide bonds. The van der Waals surface area contributed by atoms with Crippen molar-refractivity contribution >= 4 is 26.7 Å². The van der Waals surface area contributed by atoms with Crippen molar-refractivity contribution in [3.05, 3.63) is 82.5 Å². The summed E-state index contributed by atoms with van der Waals surface area (Å²) < 4.78 is 50.9. The first-order chi connectivity index (χ1) is 14.7. The van der Waals surface area contributed by atoms with Gasteiger partial charge in [0.05, 0.1) is 21.6 Å². The van der Waals surface area contributed by atoms with Crippen LogP contribution in [0, 0.1) is 12.7 Å². The third-order valence-electron chi connectivity index (χ3n) is 5.03. The van der Waals surface area contributed by atoms with Crippen LogP contribution >= 0.6 is 0 Å². The van der Waals surface area contributed by atoms with Crippen LogP contribution in [0.1, 0.15) is 5.56 Å². The van der Waals surface area contributed by atoms with E-state index < -0.39 is 15.8 Å². The molecule has 7 nitrogen and oxygen atoms in total. The minimum Gasteiger partial charge on any atom is -0.455 e. The number of para-hydroxylation sites is 1. The third-order valence-corrected chi connectivity index (χ3v) is 6.39. The molecule has 0 fully saturated rings. The number of nitrogens with zero attached hydrogens (tertiary/aromatic N) is 2. The number of aryl methyl sites for hydroxylation is 3. The van der Waals surface area contributed by atoms with E-state index >= 15 is 0 Å². The molecule has 0 bridgehead atoms. The van der Waals surface area contributed by atoms with Crippen LogP contribution in [0.25, 0.3) is 11.0 Å². The first-order valence-corrected chi connectivity index (χ1v) is 10.9. The lowest BCUT2D eigenvalue weighted by atomic mass is 10.2. The number of anilines is 1. The predicted molar refractivity (Wildman–Crippen MR) is 117 cm³/mol. The second-order valence-corrected chi connectivity index (χ2v) is 8.85. The molecule has 1 heterocycles. The Morgan fingerprint density at radius 2 is 1.58 bits per heavy atom. The van der Waals surface area contributed by atoms with Crippen molar-refractivity contribution < 1.29 is 17.5 Å². The maximum atomic E-state index is 13.6. The molecule has 0 unspecified atom stereocenters. The van der Waals surface area contributed by atoms with Crippen LogP contribution < -0.4 is 15.1 Å². The number of sulfonamides is 1. The van der Waals surface area contributed by atoms with Crippen LogP contribution in [0.4, 0.5) is 10.1 Å². The molecule has 0 aliphatic rings. The fraction of sp³-hybridized carbons (Fsp3) is 0.136. The van der Waals surface area contributed by atoms with Gasteiger partial charge in [-0.15, -0.1) is 0 Å². The Hall–Kier alpha value is -3.59. The summed E-state index contributed by atoms with van der Waals surface area (Å²) in [4.78, 5) is 12.3. The summed E-state index contributed by atoms with van der Waals surface area (Å²) in [6.07, 6.45) is 0. The number of aromatic nitrogens is 2. The second-order valence-electron chi connectivity index (χ2n) is 7.17. The molecule has 0 aliphatic heterocycles. The zero-order chi connectivity index (χ0) is 22.3. The highest BCUT2D eigenvalue weighted by Crippen LogP contribution is 2.35. The third kappa shape index (κ3) is 3.79. The molecule has 0 spiro atoms. The SMILES string of the molecule is Cc1cc(S(=O)(=O)Nc2cc3c(cc2Oc2ccccc2)n(C)c(=O)n3C)ccc1F. The molecule has 4 aromatic rings. The Kier molecular flexibility index (Phi) is 5.06. The van der Waals surface area contributed by atoms with Gasteiger partial charge in [0, 0.05) is 20.2 Å². The summed E-state index contributed by atoms with van der Waals surface area (Å²) in [5.41, 5.74) is 1.22. The van der Waals surface area contributed by atoms with E-state index in [9.17, 15) is 17.6 Å². The zero-order valence-electron chi connectivity index (χ0n) is 17.1. The Labute approximate surface area is 178 Å². The number of fused-ring (bicyclic) bond motifs is 1. The van der Waals surface area contributed by atoms with Crippen LogP contribution in [0.5, 0.6) is 11.5 Å². The summed E-state index contributed by atoms with van der Waals surface area (Å²) in [6.45, 7) is 1.49. The maximum absolute atomic E-state index is 13.6. The van der Waals surface area contributed by atoms with Crippen molar-refractivity contribution in [2.45, 2.75) is 11.8 Å². The topological polar surface area (TPSA) is 82.3 Å². The number of hydrogen-bond donors (Lipinski definition) is 1. The lowest BCUT2D eigenvalue weighted by Crippen LogP contribution is -2.19. The van der Waals surface area contributed by atoms with Crippen molar-refractivity contribution in [2.24, 2.45) is 14.1 Å². The molecule has 0 radical (unpaired) electrons. The molecule has 4 rings (SSSR count). The monoisotopic (exact) mass is 441 g/mol. The minimum atomic E-state index is -4.04. The highest BCUT2D eigenvalue weighted by atomic mass is 32.2. The molecule has 0 saturated heterocycles. The van der Waals surface area contributed by atoms with E-state index in [1.807, 2.05) is 6.07 Å². The van der Waals surface area contributed by atoms with E-state index in [0.29, 0.717) is 16.8 Å². The van der Waals surface area contributed by atoms with Gasteiger partial charge in [-0.25, -0.2) is 17.6 Å². The first kappa shape index (κ1) is 20.7. The van der Waals surface area contributed by atoms with E-state index in [1.54, 1.807) is 50.5 Å². The number of ether oxygens (including phenoxy) is 1. The van der Waals surface area contributed by atoms with Gasteiger partial charge in [-0.1, -0.05) is 18.2 Å². The van der Waals surface area contributed by atoms with Crippen molar-refractivity contribution in [1.82, 2.24) is 9.13 Å². The molecule has 0 aliphatic carbocycles. The molecule has 3 aromatic carbocycles. The zero-order valence-corrected chi connectivity index (χ0v) is 17.9. The van der Waals surface area contributed by atoms with Crippen LogP contribution in [0.15, 0.2) is 70.4 Å². The molecule has 0 saturated carbocycles.